The van der Waals surface area contributed by atoms with Crippen molar-refractivity contribution in [3.05, 3.63) is 34.6 Å². The molecule has 0 spiro atoms. The number of amides is 1. The first-order valence-corrected chi connectivity index (χ1v) is 9.08. The van der Waals surface area contributed by atoms with Crippen molar-refractivity contribution in [3.8, 4) is 0 Å². The zero-order valence-electron chi connectivity index (χ0n) is 12.8. The molecule has 1 aromatic carbocycles. The normalized spacial score (nSPS) is 16.7. The average molecular weight is 345 g/mol. The molecule has 0 atom stereocenters. The van der Waals surface area contributed by atoms with E-state index in [-0.39, 0.29) is 17.6 Å². The number of carbonyl (C=O) groups excluding carboxylic acids is 1. The number of rotatable bonds is 6. The molecule has 1 aromatic rings. The molecule has 1 aliphatic heterocycles. The lowest BCUT2D eigenvalue weighted by molar-refractivity contribution is -0.126. The molecule has 1 aliphatic rings. The highest BCUT2D eigenvalue weighted by molar-refractivity contribution is 7.98. The topological polar surface area (TPSA) is 32.3 Å². The van der Waals surface area contributed by atoms with Crippen molar-refractivity contribution in [2.24, 2.45) is 5.92 Å². The summed E-state index contributed by atoms with van der Waals surface area (Å²) in [7, 11) is 2.08. The molecule has 6 heteroatoms. The van der Waals surface area contributed by atoms with Gasteiger partial charge in [-0.25, -0.2) is 4.39 Å². The van der Waals surface area contributed by atoms with Crippen LogP contribution in [-0.2, 0) is 10.5 Å². The largest absolute Gasteiger partial charge is 0.355 e. The number of hydrogen-bond donors (Lipinski definition) is 1. The van der Waals surface area contributed by atoms with Crippen LogP contribution in [0.2, 0.25) is 5.02 Å². The molecule has 0 unspecified atom stereocenters. The van der Waals surface area contributed by atoms with Crippen LogP contribution < -0.4 is 5.32 Å². The number of thioether (sulfide) groups is 1. The van der Waals surface area contributed by atoms with Crippen molar-refractivity contribution in [2.75, 3.05) is 32.4 Å². The molecule has 0 saturated carbocycles. The zero-order chi connectivity index (χ0) is 15.9. The third kappa shape index (κ3) is 5.14. The lowest BCUT2D eigenvalue weighted by Crippen LogP contribution is -2.39. The number of carbonyl (C=O) groups is 1. The molecule has 22 heavy (non-hydrogen) atoms. The fourth-order valence-corrected chi connectivity index (χ4v) is 3.70. The molecule has 0 aliphatic carbocycles. The van der Waals surface area contributed by atoms with Gasteiger partial charge in [0, 0.05) is 34.6 Å². The summed E-state index contributed by atoms with van der Waals surface area (Å²) >= 11 is 7.56. The summed E-state index contributed by atoms with van der Waals surface area (Å²) in [6.45, 7) is 2.58. The van der Waals surface area contributed by atoms with Gasteiger partial charge in [0.1, 0.15) is 5.82 Å². The van der Waals surface area contributed by atoms with Gasteiger partial charge in [-0.2, -0.15) is 11.8 Å². The van der Waals surface area contributed by atoms with E-state index in [2.05, 4.69) is 17.3 Å². The van der Waals surface area contributed by atoms with Gasteiger partial charge in [-0.1, -0.05) is 17.7 Å². The average Bonchev–Trinajstić information content (AvgIpc) is 2.50. The van der Waals surface area contributed by atoms with E-state index in [1.54, 1.807) is 23.9 Å². The maximum absolute atomic E-state index is 13.6. The summed E-state index contributed by atoms with van der Waals surface area (Å²) < 4.78 is 13.6. The predicted octanol–water partition coefficient (Wildman–Crippen LogP) is 3.17. The molecule has 1 saturated heterocycles. The number of likely N-dealkylation sites (tertiary alicyclic amines) is 1. The molecule has 1 fully saturated rings. The number of benzene rings is 1. The zero-order valence-corrected chi connectivity index (χ0v) is 14.4. The summed E-state index contributed by atoms with van der Waals surface area (Å²) in [5.74, 6) is 1.30. The van der Waals surface area contributed by atoms with Gasteiger partial charge in [0.2, 0.25) is 5.91 Å². The monoisotopic (exact) mass is 344 g/mol. The van der Waals surface area contributed by atoms with Crippen LogP contribution in [0.25, 0.3) is 0 Å². The number of piperidine rings is 1. The van der Waals surface area contributed by atoms with E-state index in [9.17, 15) is 9.18 Å². The first kappa shape index (κ1) is 17.6. The van der Waals surface area contributed by atoms with E-state index >= 15 is 0 Å². The van der Waals surface area contributed by atoms with Gasteiger partial charge in [-0.05, 0) is 45.1 Å². The Kier molecular flexibility index (Phi) is 6.99. The Labute approximate surface area is 140 Å². The first-order chi connectivity index (χ1) is 10.6. The fraction of sp³-hybridized carbons (Fsp3) is 0.562. The van der Waals surface area contributed by atoms with Crippen molar-refractivity contribution < 1.29 is 9.18 Å². The molecule has 0 radical (unpaired) electrons. The maximum Gasteiger partial charge on any atom is 0.223 e. The van der Waals surface area contributed by atoms with Crippen LogP contribution in [0.15, 0.2) is 18.2 Å². The van der Waals surface area contributed by atoms with E-state index in [0.29, 0.717) is 22.9 Å². The second-order valence-electron chi connectivity index (χ2n) is 5.62. The highest BCUT2D eigenvalue weighted by atomic mass is 35.5. The molecule has 3 nitrogen and oxygen atoms in total. The van der Waals surface area contributed by atoms with E-state index in [0.717, 1.165) is 31.7 Å². The second-order valence-corrected chi connectivity index (χ2v) is 7.13. The Hall–Kier alpha value is -0.780. The molecular weight excluding hydrogens is 323 g/mol. The quantitative estimate of drug-likeness (QED) is 0.804. The van der Waals surface area contributed by atoms with Crippen molar-refractivity contribution in [3.63, 3.8) is 0 Å². The molecule has 2 rings (SSSR count). The molecule has 1 heterocycles. The van der Waals surface area contributed by atoms with E-state index < -0.39 is 0 Å². The summed E-state index contributed by atoms with van der Waals surface area (Å²) in [5, 5.41) is 3.44. The number of hydrogen-bond acceptors (Lipinski definition) is 3. The predicted molar refractivity (Wildman–Crippen MR) is 90.8 cm³/mol. The number of nitrogens with one attached hydrogen (secondary N) is 1. The van der Waals surface area contributed by atoms with Crippen molar-refractivity contribution in [1.82, 2.24) is 10.2 Å². The lowest BCUT2D eigenvalue weighted by atomic mass is 9.96. The van der Waals surface area contributed by atoms with Crippen molar-refractivity contribution in [1.29, 1.82) is 0 Å². The minimum atomic E-state index is -0.268. The van der Waals surface area contributed by atoms with Crippen molar-refractivity contribution >= 4 is 29.3 Å². The summed E-state index contributed by atoms with van der Waals surface area (Å²) in [5.41, 5.74) is 0.538. The molecule has 1 amide bonds. The van der Waals surface area contributed by atoms with E-state index in [1.807, 2.05) is 0 Å². The molecular formula is C16H22ClFN2OS. The Bertz CT molecular complexity index is 487. The third-order valence-corrected chi connectivity index (χ3v) is 5.28. The summed E-state index contributed by atoms with van der Waals surface area (Å²) in [4.78, 5) is 14.3. The summed E-state index contributed by atoms with van der Waals surface area (Å²) in [6, 6.07) is 4.72. The van der Waals surface area contributed by atoms with Crippen LogP contribution >= 0.6 is 23.4 Å². The van der Waals surface area contributed by atoms with Gasteiger partial charge in [-0.15, -0.1) is 0 Å². The number of nitrogens with zero attached hydrogens (tertiary/aromatic N) is 1. The van der Waals surface area contributed by atoms with Gasteiger partial charge in [0.25, 0.3) is 0 Å². The van der Waals surface area contributed by atoms with Crippen LogP contribution in [0.3, 0.4) is 0 Å². The lowest BCUT2D eigenvalue weighted by Gasteiger charge is -2.28. The molecule has 0 bridgehead atoms. The number of halogens is 2. The highest BCUT2D eigenvalue weighted by Gasteiger charge is 2.22. The maximum atomic E-state index is 13.6. The Morgan fingerprint density at radius 1 is 1.45 bits per heavy atom. The van der Waals surface area contributed by atoms with Crippen molar-refractivity contribution in [2.45, 2.75) is 18.6 Å². The minimum absolute atomic E-state index is 0.141. The van der Waals surface area contributed by atoms with Crippen LogP contribution in [0.4, 0.5) is 4.39 Å². The molecule has 0 aromatic heterocycles. The Morgan fingerprint density at radius 2 is 2.18 bits per heavy atom. The van der Waals surface area contributed by atoms with Gasteiger partial charge in [0.15, 0.2) is 0 Å². The van der Waals surface area contributed by atoms with Crippen LogP contribution in [-0.4, -0.2) is 43.2 Å². The van der Waals surface area contributed by atoms with Gasteiger partial charge in [0.05, 0.1) is 0 Å². The summed E-state index contributed by atoms with van der Waals surface area (Å²) in [6.07, 6.45) is 1.86. The van der Waals surface area contributed by atoms with Crippen LogP contribution in [0.1, 0.15) is 18.4 Å². The highest BCUT2D eigenvalue weighted by Crippen LogP contribution is 2.23. The van der Waals surface area contributed by atoms with E-state index in [1.165, 1.54) is 6.07 Å². The third-order valence-electron chi connectivity index (χ3n) is 3.94. The van der Waals surface area contributed by atoms with Crippen LogP contribution in [0.5, 0.6) is 0 Å². The smallest absolute Gasteiger partial charge is 0.223 e. The SMILES string of the molecule is CN1CCC(C(=O)NCCSCc2c(F)cccc2Cl)CC1. The Balaban J connectivity index is 1.64. The molecule has 1 N–H and O–H groups in total. The Morgan fingerprint density at radius 3 is 2.86 bits per heavy atom. The minimum Gasteiger partial charge on any atom is -0.355 e. The fourth-order valence-electron chi connectivity index (χ4n) is 2.51. The van der Waals surface area contributed by atoms with Crippen LogP contribution in [0, 0.1) is 11.7 Å². The van der Waals surface area contributed by atoms with Gasteiger partial charge < -0.3 is 10.2 Å². The second kappa shape index (κ2) is 8.75. The first-order valence-electron chi connectivity index (χ1n) is 7.55. The van der Waals surface area contributed by atoms with Gasteiger partial charge >= 0.3 is 0 Å². The van der Waals surface area contributed by atoms with Gasteiger partial charge in [-0.3, -0.25) is 4.79 Å². The van der Waals surface area contributed by atoms with E-state index in [4.69, 9.17) is 11.6 Å². The molecule has 122 valence electrons. The standard InChI is InChI=1S/C16H22ClFN2OS/c1-20-8-5-12(6-9-20)16(21)19-7-10-22-11-13-14(17)3-2-4-15(13)18/h2-4,12H,5-11H2,1H3,(H,19,21).